The fraction of sp³-hybridized carbons (Fsp3) is 0.571. The maximum absolute atomic E-state index is 12.0. The molecule has 0 spiro atoms. The molecule has 0 aliphatic rings. The van der Waals surface area contributed by atoms with Crippen LogP contribution in [0.4, 0.5) is 0 Å². The molecular formula is C14H22N2O4S. The largest absolute Gasteiger partial charge is 0.481 e. The van der Waals surface area contributed by atoms with E-state index in [1.165, 1.54) is 18.5 Å². The number of hydrogen-bond donors (Lipinski definition) is 2. The minimum absolute atomic E-state index is 0.109. The molecule has 2 N–H and O–H groups in total. The average Bonchev–Trinajstić information content (AvgIpc) is 2.42. The van der Waals surface area contributed by atoms with Crippen LogP contribution in [0.15, 0.2) is 29.4 Å². The van der Waals surface area contributed by atoms with Crippen molar-refractivity contribution < 1.29 is 18.3 Å². The van der Waals surface area contributed by atoms with E-state index in [1.807, 2.05) is 13.8 Å². The monoisotopic (exact) mass is 314 g/mol. The van der Waals surface area contributed by atoms with Gasteiger partial charge in [0.25, 0.3) is 0 Å². The van der Waals surface area contributed by atoms with Gasteiger partial charge in [-0.1, -0.05) is 13.8 Å². The Morgan fingerprint density at radius 3 is 2.62 bits per heavy atom. The molecular weight excluding hydrogens is 292 g/mol. The number of carboxylic acid groups (broad SMARTS) is 1. The van der Waals surface area contributed by atoms with Crippen LogP contribution in [0.25, 0.3) is 0 Å². The molecule has 0 saturated heterocycles. The van der Waals surface area contributed by atoms with E-state index < -0.39 is 16.0 Å². The van der Waals surface area contributed by atoms with Gasteiger partial charge in [-0.3, -0.25) is 9.78 Å². The molecule has 7 heteroatoms. The van der Waals surface area contributed by atoms with Crippen molar-refractivity contribution >= 4 is 16.0 Å². The standard InChI is InChI=1S/C14H22N2O4S/c1-11(2)12(5-6-14(17)18)7-9-16-21(19,20)13-4-3-8-15-10-13/h3-4,8,10-12,16H,5-7,9H2,1-2H3,(H,17,18). The highest BCUT2D eigenvalue weighted by Crippen LogP contribution is 2.20. The van der Waals surface area contributed by atoms with E-state index in [0.717, 1.165) is 0 Å². The van der Waals surface area contributed by atoms with E-state index in [1.54, 1.807) is 6.07 Å². The predicted molar refractivity (Wildman–Crippen MR) is 79.2 cm³/mol. The van der Waals surface area contributed by atoms with Crippen LogP contribution < -0.4 is 4.72 Å². The molecule has 0 aromatic carbocycles. The minimum atomic E-state index is -3.54. The van der Waals surface area contributed by atoms with Crippen molar-refractivity contribution in [3.05, 3.63) is 24.5 Å². The molecule has 1 aromatic heterocycles. The molecule has 0 aliphatic heterocycles. The molecule has 0 bridgehead atoms. The van der Waals surface area contributed by atoms with Gasteiger partial charge < -0.3 is 5.11 Å². The molecule has 1 aromatic rings. The summed E-state index contributed by atoms with van der Waals surface area (Å²) in [6.07, 6.45) is 4.09. The summed E-state index contributed by atoms with van der Waals surface area (Å²) in [5.74, 6) is -0.332. The van der Waals surface area contributed by atoms with Gasteiger partial charge in [0.05, 0.1) is 0 Å². The highest BCUT2D eigenvalue weighted by atomic mass is 32.2. The number of sulfonamides is 1. The summed E-state index contributed by atoms with van der Waals surface area (Å²) in [6, 6.07) is 3.05. The number of hydrogen-bond acceptors (Lipinski definition) is 4. The molecule has 6 nitrogen and oxygen atoms in total. The summed E-state index contributed by atoms with van der Waals surface area (Å²) in [5, 5.41) is 8.73. The second-order valence-electron chi connectivity index (χ2n) is 5.31. The minimum Gasteiger partial charge on any atom is -0.481 e. The Kier molecular flexibility index (Phi) is 6.77. The smallest absolute Gasteiger partial charge is 0.303 e. The van der Waals surface area contributed by atoms with Crippen molar-refractivity contribution in [2.24, 2.45) is 11.8 Å². The van der Waals surface area contributed by atoms with Crippen molar-refractivity contribution in [1.82, 2.24) is 9.71 Å². The first kappa shape index (κ1) is 17.6. The zero-order valence-corrected chi connectivity index (χ0v) is 13.1. The third kappa shape index (κ3) is 6.22. The summed E-state index contributed by atoms with van der Waals surface area (Å²) < 4.78 is 26.5. The molecule has 21 heavy (non-hydrogen) atoms. The summed E-state index contributed by atoms with van der Waals surface area (Å²) >= 11 is 0. The number of carboxylic acids is 1. The topological polar surface area (TPSA) is 96.4 Å². The van der Waals surface area contributed by atoms with Crippen molar-refractivity contribution in [1.29, 1.82) is 0 Å². The van der Waals surface area contributed by atoms with Crippen LogP contribution in [0, 0.1) is 11.8 Å². The van der Waals surface area contributed by atoms with Crippen molar-refractivity contribution in [3.8, 4) is 0 Å². The number of pyridine rings is 1. The first-order chi connectivity index (χ1) is 9.83. The molecule has 0 radical (unpaired) electrons. The fourth-order valence-corrected chi connectivity index (χ4v) is 3.10. The van der Waals surface area contributed by atoms with Gasteiger partial charge in [0.2, 0.25) is 10.0 Å². The molecule has 1 rings (SSSR count). The van der Waals surface area contributed by atoms with Gasteiger partial charge in [-0.2, -0.15) is 0 Å². The molecule has 1 atom stereocenters. The van der Waals surface area contributed by atoms with Crippen LogP contribution in [0.2, 0.25) is 0 Å². The average molecular weight is 314 g/mol. The summed E-state index contributed by atoms with van der Waals surface area (Å²) in [7, 11) is -3.54. The van der Waals surface area contributed by atoms with Gasteiger partial charge >= 0.3 is 5.97 Å². The molecule has 0 amide bonds. The van der Waals surface area contributed by atoms with Gasteiger partial charge in [0, 0.05) is 25.4 Å². The van der Waals surface area contributed by atoms with Crippen LogP contribution in [0.3, 0.4) is 0 Å². The lowest BCUT2D eigenvalue weighted by Gasteiger charge is -2.20. The van der Waals surface area contributed by atoms with E-state index in [4.69, 9.17) is 5.11 Å². The van der Waals surface area contributed by atoms with Crippen molar-refractivity contribution in [2.75, 3.05) is 6.54 Å². The van der Waals surface area contributed by atoms with E-state index in [2.05, 4.69) is 9.71 Å². The molecule has 0 fully saturated rings. The normalized spacial score (nSPS) is 13.3. The van der Waals surface area contributed by atoms with Crippen LogP contribution in [0.5, 0.6) is 0 Å². The number of nitrogens with zero attached hydrogens (tertiary/aromatic N) is 1. The molecule has 1 unspecified atom stereocenters. The number of aromatic nitrogens is 1. The van der Waals surface area contributed by atoms with E-state index in [-0.39, 0.29) is 17.2 Å². The van der Waals surface area contributed by atoms with E-state index in [0.29, 0.717) is 25.3 Å². The summed E-state index contributed by atoms with van der Waals surface area (Å²) in [6.45, 7) is 4.32. The Bertz CT molecular complexity index is 543. The lowest BCUT2D eigenvalue weighted by molar-refractivity contribution is -0.137. The Morgan fingerprint density at radius 2 is 2.10 bits per heavy atom. The maximum atomic E-state index is 12.0. The number of carbonyl (C=O) groups is 1. The second kappa shape index (κ2) is 8.09. The maximum Gasteiger partial charge on any atom is 0.303 e. The second-order valence-corrected chi connectivity index (χ2v) is 7.08. The molecule has 118 valence electrons. The first-order valence-corrected chi connectivity index (χ1v) is 8.42. The quantitative estimate of drug-likeness (QED) is 0.725. The zero-order chi connectivity index (χ0) is 15.9. The van der Waals surface area contributed by atoms with E-state index in [9.17, 15) is 13.2 Å². The molecule has 0 aliphatic carbocycles. The highest BCUT2D eigenvalue weighted by Gasteiger charge is 2.18. The third-order valence-corrected chi connectivity index (χ3v) is 4.87. The predicted octanol–water partition coefficient (Wildman–Crippen LogP) is 1.89. The van der Waals surface area contributed by atoms with Gasteiger partial charge in [-0.15, -0.1) is 0 Å². The van der Waals surface area contributed by atoms with Gasteiger partial charge in [0.15, 0.2) is 0 Å². The molecule has 1 heterocycles. The fourth-order valence-electron chi connectivity index (χ4n) is 2.09. The lowest BCUT2D eigenvalue weighted by atomic mass is 9.88. The van der Waals surface area contributed by atoms with Crippen molar-refractivity contribution in [2.45, 2.75) is 38.0 Å². The Labute approximate surface area is 125 Å². The van der Waals surface area contributed by atoms with Crippen LogP contribution in [-0.4, -0.2) is 31.0 Å². The lowest BCUT2D eigenvalue weighted by Crippen LogP contribution is -2.27. The Balaban J connectivity index is 2.52. The number of rotatable bonds is 9. The van der Waals surface area contributed by atoms with Crippen LogP contribution >= 0.6 is 0 Å². The first-order valence-electron chi connectivity index (χ1n) is 6.94. The zero-order valence-electron chi connectivity index (χ0n) is 12.3. The van der Waals surface area contributed by atoms with E-state index >= 15 is 0 Å². The number of nitrogens with one attached hydrogen (secondary N) is 1. The van der Waals surface area contributed by atoms with Gasteiger partial charge in [-0.05, 0) is 36.8 Å². The van der Waals surface area contributed by atoms with Gasteiger partial charge in [0.1, 0.15) is 4.90 Å². The summed E-state index contributed by atoms with van der Waals surface area (Å²) in [5.41, 5.74) is 0. The SMILES string of the molecule is CC(C)C(CCNS(=O)(=O)c1cccnc1)CCC(=O)O. The summed E-state index contributed by atoms with van der Waals surface area (Å²) in [4.78, 5) is 14.5. The van der Waals surface area contributed by atoms with Crippen molar-refractivity contribution in [3.63, 3.8) is 0 Å². The number of aliphatic carboxylic acids is 1. The Morgan fingerprint density at radius 1 is 1.38 bits per heavy atom. The third-order valence-electron chi connectivity index (χ3n) is 3.42. The molecule has 0 saturated carbocycles. The Hall–Kier alpha value is -1.47. The highest BCUT2D eigenvalue weighted by molar-refractivity contribution is 7.89. The van der Waals surface area contributed by atoms with Gasteiger partial charge in [-0.25, -0.2) is 13.1 Å². The van der Waals surface area contributed by atoms with Crippen LogP contribution in [-0.2, 0) is 14.8 Å². The van der Waals surface area contributed by atoms with Crippen LogP contribution in [0.1, 0.15) is 33.1 Å².